The Morgan fingerprint density at radius 1 is 1.19 bits per heavy atom. The van der Waals surface area contributed by atoms with Gasteiger partial charge in [0.25, 0.3) is 5.69 Å². The zero-order valence-electron chi connectivity index (χ0n) is 15.1. The van der Waals surface area contributed by atoms with Gasteiger partial charge in [0, 0.05) is 30.6 Å². The molecular weight excluding hydrogens is 332 g/mol. The molecule has 0 aliphatic carbocycles. The number of hydrogen-bond acceptors (Lipinski definition) is 5. The summed E-state index contributed by atoms with van der Waals surface area (Å²) in [4.78, 5) is 22.2. The van der Waals surface area contributed by atoms with E-state index in [1.165, 1.54) is 12.7 Å². The van der Waals surface area contributed by atoms with Gasteiger partial charge in [-0.05, 0) is 30.9 Å². The largest absolute Gasteiger partial charge is 0.469 e. The van der Waals surface area contributed by atoms with E-state index >= 15 is 0 Å². The number of carbonyl (C=O) groups is 1. The Balaban J connectivity index is 2.04. The molecule has 6 nitrogen and oxygen atoms in total. The summed E-state index contributed by atoms with van der Waals surface area (Å²) in [6, 6.07) is 15.3. The summed E-state index contributed by atoms with van der Waals surface area (Å²) in [5.41, 5.74) is 2.78. The predicted molar refractivity (Wildman–Crippen MR) is 99.9 cm³/mol. The van der Waals surface area contributed by atoms with E-state index in [4.69, 9.17) is 4.74 Å². The van der Waals surface area contributed by atoms with E-state index in [0.717, 1.165) is 12.0 Å². The minimum absolute atomic E-state index is 0.0665. The number of aryl methyl sites for hydroxylation is 1. The molecule has 0 aromatic heterocycles. The van der Waals surface area contributed by atoms with Crippen molar-refractivity contribution in [3.8, 4) is 0 Å². The molecule has 2 aromatic rings. The molecule has 0 saturated carbocycles. The molecule has 138 valence electrons. The highest BCUT2D eigenvalue weighted by atomic mass is 16.6. The highest BCUT2D eigenvalue weighted by molar-refractivity contribution is 5.69. The lowest BCUT2D eigenvalue weighted by Gasteiger charge is -2.19. The molecule has 26 heavy (non-hydrogen) atoms. The van der Waals surface area contributed by atoms with Gasteiger partial charge in [0.05, 0.1) is 12.0 Å². The second-order valence-corrected chi connectivity index (χ2v) is 6.26. The van der Waals surface area contributed by atoms with E-state index in [-0.39, 0.29) is 22.6 Å². The second-order valence-electron chi connectivity index (χ2n) is 6.26. The minimum Gasteiger partial charge on any atom is -0.469 e. The van der Waals surface area contributed by atoms with Crippen LogP contribution in [-0.2, 0) is 22.5 Å². The maximum absolute atomic E-state index is 11.5. The van der Waals surface area contributed by atoms with Crippen LogP contribution in [0.15, 0.2) is 48.5 Å². The number of esters is 1. The van der Waals surface area contributed by atoms with Crippen molar-refractivity contribution in [2.45, 2.75) is 38.8 Å². The fourth-order valence-electron chi connectivity index (χ4n) is 2.79. The van der Waals surface area contributed by atoms with Crippen LogP contribution in [0, 0.1) is 17.0 Å². The molecule has 0 unspecified atom stereocenters. The van der Waals surface area contributed by atoms with E-state index in [9.17, 15) is 14.9 Å². The number of ether oxygens (including phenoxy) is 1. The van der Waals surface area contributed by atoms with Crippen LogP contribution in [0.25, 0.3) is 0 Å². The molecule has 2 aromatic carbocycles. The van der Waals surface area contributed by atoms with Gasteiger partial charge in [-0.15, -0.1) is 0 Å². The number of nitro benzene ring substituents is 1. The first-order valence-electron chi connectivity index (χ1n) is 8.57. The molecule has 0 aliphatic heterocycles. The van der Waals surface area contributed by atoms with Gasteiger partial charge in [-0.25, -0.2) is 0 Å². The van der Waals surface area contributed by atoms with Crippen molar-refractivity contribution in [1.29, 1.82) is 0 Å². The van der Waals surface area contributed by atoms with Gasteiger partial charge in [0.1, 0.15) is 0 Å². The van der Waals surface area contributed by atoms with E-state index in [1.54, 1.807) is 19.1 Å². The van der Waals surface area contributed by atoms with Crippen molar-refractivity contribution in [2.75, 3.05) is 7.11 Å². The second kappa shape index (κ2) is 9.68. The molecule has 0 heterocycles. The topological polar surface area (TPSA) is 81.5 Å². The zero-order valence-corrected chi connectivity index (χ0v) is 15.1. The first-order valence-corrected chi connectivity index (χ1v) is 8.57. The third-order valence-electron chi connectivity index (χ3n) is 4.31. The smallest absolute Gasteiger partial charge is 0.305 e. The van der Waals surface area contributed by atoms with Crippen molar-refractivity contribution < 1.29 is 14.5 Å². The molecule has 0 spiro atoms. The van der Waals surface area contributed by atoms with E-state index in [1.807, 2.05) is 36.4 Å². The Labute approximate surface area is 153 Å². The predicted octanol–water partition coefficient (Wildman–Crippen LogP) is 3.56. The fraction of sp³-hybridized carbons (Fsp3) is 0.350. The van der Waals surface area contributed by atoms with Crippen LogP contribution in [-0.4, -0.2) is 24.0 Å². The number of carbonyl (C=O) groups excluding carboxylic acids is 1. The van der Waals surface area contributed by atoms with Crippen LogP contribution >= 0.6 is 0 Å². The molecule has 1 N–H and O–H groups in total. The first-order chi connectivity index (χ1) is 12.5. The highest BCUT2D eigenvalue weighted by Gasteiger charge is 2.14. The minimum atomic E-state index is -0.364. The fourth-order valence-corrected chi connectivity index (χ4v) is 2.79. The summed E-state index contributed by atoms with van der Waals surface area (Å²) in [6.45, 7) is 2.23. The van der Waals surface area contributed by atoms with Gasteiger partial charge in [0.2, 0.25) is 0 Å². The van der Waals surface area contributed by atoms with E-state index in [2.05, 4.69) is 5.32 Å². The van der Waals surface area contributed by atoms with Crippen molar-refractivity contribution >= 4 is 11.7 Å². The van der Waals surface area contributed by atoms with Crippen LogP contribution in [0.2, 0.25) is 0 Å². The Morgan fingerprint density at radius 2 is 1.92 bits per heavy atom. The molecular formula is C20H24N2O4. The van der Waals surface area contributed by atoms with Gasteiger partial charge in [-0.3, -0.25) is 14.9 Å². The third-order valence-corrected chi connectivity index (χ3v) is 4.31. The molecule has 1 atom stereocenters. The summed E-state index contributed by atoms with van der Waals surface area (Å²) in [7, 11) is 1.38. The molecule has 6 heteroatoms. The third kappa shape index (κ3) is 5.97. The molecule has 2 rings (SSSR count). The summed E-state index contributed by atoms with van der Waals surface area (Å²) >= 11 is 0. The molecule has 0 fully saturated rings. The lowest BCUT2D eigenvalue weighted by Crippen LogP contribution is -2.31. The average Bonchev–Trinajstić information content (AvgIpc) is 2.65. The van der Waals surface area contributed by atoms with Crippen LogP contribution in [0.5, 0.6) is 0 Å². The van der Waals surface area contributed by atoms with Crippen molar-refractivity contribution in [1.82, 2.24) is 5.32 Å². The summed E-state index contributed by atoms with van der Waals surface area (Å²) < 4.78 is 4.73. The molecule has 0 aliphatic rings. The molecule has 0 bridgehead atoms. The summed E-state index contributed by atoms with van der Waals surface area (Å²) in [5, 5.41) is 14.5. The number of nitro groups is 1. The summed E-state index contributed by atoms with van der Waals surface area (Å²) in [6.07, 6.45) is 1.73. The monoisotopic (exact) mass is 356 g/mol. The molecule has 0 radical (unpaired) electrons. The van der Waals surface area contributed by atoms with Gasteiger partial charge in [0.15, 0.2) is 0 Å². The number of rotatable bonds is 9. The maximum Gasteiger partial charge on any atom is 0.305 e. The zero-order chi connectivity index (χ0) is 18.9. The highest BCUT2D eigenvalue weighted by Crippen LogP contribution is 2.19. The Kier molecular flexibility index (Phi) is 7.29. The summed E-state index contributed by atoms with van der Waals surface area (Å²) in [5.74, 6) is -0.240. The normalized spacial score (nSPS) is 11.8. The maximum atomic E-state index is 11.5. The van der Waals surface area contributed by atoms with Crippen molar-refractivity contribution in [2.24, 2.45) is 0 Å². The van der Waals surface area contributed by atoms with Crippen LogP contribution in [0.1, 0.15) is 29.5 Å². The lowest BCUT2D eigenvalue weighted by molar-refractivity contribution is -0.385. The van der Waals surface area contributed by atoms with Crippen molar-refractivity contribution in [3.05, 3.63) is 75.3 Å². The number of benzene rings is 2. The van der Waals surface area contributed by atoms with E-state index < -0.39 is 0 Å². The number of nitrogens with zero attached hydrogens (tertiary/aromatic N) is 1. The van der Waals surface area contributed by atoms with Gasteiger partial charge in [-0.1, -0.05) is 42.5 Å². The van der Waals surface area contributed by atoms with Crippen LogP contribution in [0.4, 0.5) is 5.69 Å². The van der Waals surface area contributed by atoms with E-state index in [0.29, 0.717) is 24.9 Å². The van der Waals surface area contributed by atoms with Crippen LogP contribution < -0.4 is 5.32 Å². The van der Waals surface area contributed by atoms with Crippen LogP contribution in [0.3, 0.4) is 0 Å². The number of nitrogens with one attached hydrogen (secondary N) is 1. The van der Waals surface area contributed by atoms with Gasteiger partial charge >= 0.3 is 5.97 Å². The number of hydrogen-bond donors (Lipinski definition) is 1. The van der Waals surface area contributed by atoms with Crippen molar-refractivity contribution in [3.63, 3.8) is 0 Å². The van der Waals surface area contributed by atoms with Gasteiger partial charge < -0.3 is 10.1 Å². The Hall–Kier alpha value is -2.73. The van der Waals surface area contributed by atoms with Gasteiger partial charge in [-0.2, -0.15) is 0 Å². The molecule has 0 amide bonds. The molecule has 0 saturated heterocycles. The Morgan fingerprint density at radius 3 is 2.58 bits per heavy atom. The number of methoxy groups -OCH3 is 1. The quantitative estimate of drug-likeness (QED) is 0.422. The Bertz CT molecular complexity index is 747. The average molecular weight is 356 g/mol. The SMILES string of the molecule is COC(=O)CC[C@@H](Cc1ccccc1)NCc1ccc(C)c([N+](=O)[O-])c1. The standard InChI is InChI=1S/C20H24N2O4/c1-15-8-9-17(13-19(15)22(24)25)14-21-18(10-11-20(23)26-2)12-16-6-4-3-5-7-16/h3-9,13,18,21H,10-12,14H2,1-2H3/t18-/m0/s1. The first kappa shape index (κ1) is 19.6. The lowest BCUT2D eigenvalue weighted by atomic mass is 10.0.